The van der Waals surface area contributed by atoms with Gasteiger partial charge in [-0.25, -0.2) is 0 Å². The molecule has 27 heavy (non-hydrogen) atoms. The van der Waals surface area contributed by atoms with Crippen LogP contribution in [0, 0.1) is 0 Å². The lowest BCUT2D eigenvalue weighted by Crippen LogP contribution is -2.58. The van der Waals surface area contributed by atoms with Crippen molar-refractivity contribution in [2.75, 3.05) is 6.61 Å². The summed E-state index contributed by atoms with van der Waals surface area (Å²) in [5.74, 6) is 0. The van der Waals surface area contributed by atoms with Gasteiger partial charge in [0.05, 0.1) is 0 Å². The van der Waals surface area contributed by atoms with Crippen molar-refractivity contribution in [3.05, 3.63) is 0 Å². The number of aliphatic hydroxyl groups is 1. The van der Waals surface area contributed by atoms with Gasteiger partial charge in [-0.3, -0.25) is 0 Å². The molecule has 0 aromatic rings. The van der Waals surface area contributed by atoms with E-state index >= 15 is 0 Å². The molecule has 0 aliphatic carbocycles. The fourth-order valence-corrected chi connectivity index (χ4v) is 28.6. The highest BCUT2D eigenvalue weighted by Gasteiger charge is 2.45. The number of hydrogen-bond acceptors (Lipinski definition) is 5. The monoisotopic (exact) mass is 470 g/mol. The van der Waals surface area contributed by atoms with E-state index in [0.29, 0.717) is 0 Å². The van der Waals surface area contributed by atoms with Gasteiger partial charge in [0.25, 0.3) is 0 Å². The highest BCUT2D eigenvalue weighted by molar-refractivity contribution is 6.90. The first-order valence-corrected chi connectivity index (χ1v) is 25.0. The Kier molecular flexibility index (Phi) is 11.1. The largest absolute Gasteiger partial charge is 0.436 e. The van der Waals surface area contributed by atoms with Crippen molar-refractivity contribution in [3.63, 3.8) is 0 Å². The number of rotatable bonds is 14. The summed E-state index contributed by atoms with van der Waals surface area (Å²) >= 11 is 0. The second-order valence-corrected chi connectivity index (χ2v) is 29.8. The molecule has 0 saturated heterocycles. The fourth-order valence-electron chi connectivity index (χ4n) is 3.79. The molecule has 0 aromatic heterocycles. The summed E-state index contributed by atoms with van der Waals surface area (Å²) in [7, 11) is -10.5. The maximum absolute atomic E-state index is 9.12. The van der Waals surface area contributed by atoms with Gasteiger partial charge in [-0.2, -0.15) is 0 Å². The van der Waals surface area contributed by atoms with Gasteiger partial charge in [0, 0.05) is 6.61 Å². The van der Waals surface area contributed by atoms with E-state index in [-0.39, 0.29) is 6.61 Å². The average Bonchev–Trinajstić information content (AvgIpc) is 2.37. The van der Waals surface area contributed by atoms with Crippen LogP contribution in [0.2, 0.25) is 77.6 Å². The molecule has 0 radical (unpaired) electrons. The van der Waals surface area contributed by atoms with Crippen LogP contribution in [0.5, 0.6) is 0 Å². The van der Waals surface area contributed by atoms with Crippen LogP contribution >= 0.6 is 0 Å². The third-order valence-corrected chi connectivity index (χ3v) is 23.4. The molecule has 0 bridgehead atoms. The Morgan fingerprint density at radius 2 is 0.889 bits per heavy atom. The Hall–Kier alpha value is 0.884. The lowest BCUT2D eigenvalue weighted by Gasteiger charge is -2.42. The van der Waals surface area contributed by atoms with Gasteiger partial charge < -0.3 is 21.6 Å². The minimum absolute atomic E-state index is 0.223. The molecule has 0 amide bonds. The van der Waals surface area contributed by atoms with Crippen LogP contribution in [-0.2, 0) is 16.5 Å². The first-order valence-electron chi connectivity index (χ1n) is 10.4. The van der Waals surface area contributed by atoms with E-state index in [9.17, 15) is 0 Å². The van der Waals surface area contributed by atoms with Crippen LogP contribution < -0.4 is 0 Å². The molecular formula is C17H46O5Si5. The quantitative estimate of drug-likeness (QED) is 0.327. The summed E-state index contributed by atoms with van der Waals surface area (Å²) in [6.07, 6.45) is 3.23. The molecule has 0 aliphatic heterocycles. The van der Waals surface area contributed by atoms with Crippen LogP contribution in [-0.4, -0.2) is 54.0 Å². The second kappa shape index (κ2) is 10.8. The molecule has 5 nitrogen and oxygen atoms in total. The van der Waals surface area contributed by atoms with E-state index in [1.807, 2.05) is 0 Å². The minimum Gasteiger partial charge on any atom is -0.436 e. The highest BCUT2D eigenvalue weighted by Crippen LogP contribution is 2.28. The molecule has 1 N–H and O–H groups in total. The molecule has 0 heterocycles. The van der Waals surface area contributed by atoms with E-state index < -0.39 is 42.3 Å². The molecule has 0 rings (SSSR count). The van der Waals surface area contributed by atoms with Crippen molar-refractivity contribution in [2.24, 2.45) is 0 Å². The third kappa shape index (κ3) is 13.7. The molecule has 0 atom stereocenters. The lowest BCUT2D eigenvalue weighted by atomic mass is 10.4. The zero-order valence-electron chi connectivity index (χ0n) is 19.8. The maximum atomic E-state index is 9.12. The number of aliphatic hydroxyl groups excluding tert-OH is 1. The van der Waals surface area contributed by atoms with Crippen LogP contribution in [0.4, 0.5) is 0 Å². The fraction of sp³-hybridized carbons (Fsp3) is 1.00. The summed E-state index contributed by atoms with van der Waals surface area (Å²) in [6, 6.07) is 2.13. The van der Waals surface area contributed by atoms with Crippen LogP contribution in [0.15, 0.2) is 0 Å². The van der Waals surface area contributed by atoms with Crippen molar-refractivity contribution in [2.45, 2.75) is 104 Å². The molecule has 0 saturated carbocycles. The first kappa shape index (κ1) is 27.9. The van der Waals surface area contributed by atoms with Crippen molar-refractivity contribution in [1.82, 2.24) is 0 Å². The van der Waals surface area contributed by atoms with Crippen LogP contribution in [0.3, 0.4) is 0 Å². The van der Waals surface area contributed by atoms with Gasteiger partial charge in [0.15, 0.2) is 16.6 Å². The smallest absolute Gasteiger partial charge is 0.314 e. The summed E-state index contributed by atoms with van der Waals surface area (Å²) in [5.41, 5.74) is 0. The molecule has 0 aromatic carbocycles. The van der Waals surface area contributed by atoms with E-state index in [1.165, 1.54) is 18.9 Å². The van der Waals surface area contributed by atoms with E-state index in [4.69, 9.17) is 21.6 Å². The van der Waals surface area contributed by atoms with Gasteiger partial charge in [-0.1, -0.05) is 19.8 Å². The van der Waals surface area contributed by atoms with Crippen molar-refractivity contribution >= 4 is 42.3 Å². The Balaban J connectivity index is 4.93. The Morgan fingerprint density at radius 1 is 0.556 bits per heavy atom. The Morgan fingerprint density at radius 3 is 1.22 bits per heavy atom. The van der Waals surface area contributed by atoms with Crippen LogP contribution in [0.1, 0.15) is 26.2 Å². The van der Waals surface area contributed by atoms with Crippen LogP contribution in [0.25, 0.3) is 0 Å². The molecule has 0 spiro atoms. The van der Waals surface area contributed by atoms with Crippen molar-refractivity contribution in [3.8, 4) is 0 Å². The zero-order valence-corrected chi connectivity index (χ0v) is 24.8. The standard InChI is InChI=1S/C17H46O5Si5/c1-12-13-16-23(2,3)19-25(6,7)21-27(10,11)22-26(8,9)20-24(4,5)17-14-15-18/h18H,12-17H2,1-11H3. The Labute approximate surface area is 174 Å². The molecule has 0 fully saturated rings. The number of unbranched alkanes of at least 4 members (excludes halogenated alkanes) is 1. The van der Waals surface area contributed by atoms with Gasteiger partial charge >= 0.3 is 25.7 Å². The van der Waals surface area contributed by atoms with Gasteiger partial charge in [-0.15, -0.1) is 0 Å². The molecular weight excluding hydrogens is 425 g/mol. The van der Waals surface area contributed by atoms with E-state index in [0.717, 1.165) is 12.5 Å². The Bertz CT molecular complexity index is 403. The normalized spacial score (nSPS) is 14.7. The second-order valence-electron chi connectivity index (χ2n) is 10.1. The maximum Gasteiger partial charge on any atom is 0.314 e. The van der Waals surface area contributed by atoms with Gasteiger partial charge in [0.2, 0.25) is 0 Å². The predicted octanol–water partition coefficient (Wildman–Crippen LogP) is 5.75. The molecule has 10 heteroatoms. The topological polar surface area (TPSA) is 57.2 Å². The molecule has 0 aliphatic rings. The SMILES string of the molecule is CCCC[Si](C)(C)O[Si](C)(C)O[Si](C)(C)O[Si](C)(C)O[Si](C)(C)CCCO. The van der Waals surface area contributed by atoms with E-state index in [1.54, 1.807) is 0 Å². The molecule has 0 unspecified atom stereocenters. The first-order chi connectivity index (χ1) is 11.9. The zero-order chi connectivity index (χ0) is 21.6. The third-order valence-electron chi connectivity index (χ3n) is 4.10. The summed E-state index contributed by atoms with van der Waals surface area (Å²) < 4.78 is 26.2. The summed E-state index contributed by atoms with van der Waals surface area (Å²) in [6.45, 7) is 24.2. The van der Waals surface area contributed by atoms with Gasteiger partial charge in [0.1, 0.15) is 0 Å². The summed E-state index contributed by atoms with van der Waals surface area (Å²) in [5, 5.41) is 9.12. The number of hydrogen-bond donors (Lipinski definition) is 1. The lowest BCUT2D eigenvalue weighted by molar-refractivity contribution is 0.285. The van der Waals surface area contributed by atoms with E-state index in [2.05, 4.69) is 72.4 Å². The van der Waals surface area contributed by atoms with Crippen molar-refractivity contribution < 1.29 is 21.6 Å². The average molecular weight is 471 g/mol. The summed E-state index contributed by atoms with van der Waals surface area (Å²) in [4.78, 5) is 0. The molecule has 164 valence electrons. The highest BCUT2D eigenvalue weighted by atomic mass is 28.5. The minimum atomic E-state index is -2.37. The van der Waals surface area contributed by atoms with Gasteiger partial charge in [-0.05, 0) is 84.0 Å². The predicted molar refractivity (Wildman–Crippen MR) is 128 cm³/mol. The van der Waals surface area contributed by atoms with Crippen molar-refractivity contribution in [1.29, 1.82) is 0 Å².